The number of unbranched alkanes of at least 4 members (excludes halogenated alkanes) is 9. The van der Waals surface area contributed by atoms with Crippen LogP contribution < -0.4 is 0 Å². The van der Waals surface area contributed by atoms with Crippen LogP contribution in [0.4, 0.5) is 0 Å². The molecule has 0 bridgehead atoms. The largest absolute Gasteiger partial charge is 0.343 e. The molecule has 1 amide bonds. The minimum absolute atomic E-state index is 0.403. The van der Waals surface area contributed by atoms with Crippen molar-refractivity contribution in [1.82, 2.24) is 4.90 Å². The highest BCUT2D eigenvalue weighted by molar-refractivity contribution is 5.76. The van der Waals surface area contributed by atoms with E-state index < -0.39 is 0 Å². The summed E-state index contributed by atoms with van der Waals surface area (Å²) in [6.07, 6.45) is 22.2. The van der Waals surface area contributed by atoms with Crippen LogP contribution in [0.15, 0.2) is 11.1 Å². The molecule has 0 atom stereocenters. The molecule has 0 N–H and O–H groups in total. The van der Waals surface area contributed by atoms with E-state index in [4.69, 9.17) is 0 Å². The zero-order valence-corrected chi connectivity index (χ0v) is 16.8. The molecular formula is C23H41NO. The average Bonchev–Trinajstić information content (AvgIpc) is 3.12. The molecule has 2 rings (SSSR count). The SMILES string of the molecule is CCCCCCCCC1=C(CCCCCCCC(=O)N2CCCC2)C1. The third-order valence-electron chi connectivity index (χ3n) is 5.96. The first-order valence-corrected chi connectivity index (χ1v) is 11.3. The maximum Gasteiger partial charge on any atom is 0.222 e. The summed E-state index contributed by atoms with van der Waals surface area (Å²) in [7, 11) is 0. The summed E-state index contributed by atoms with van der Waals surface area (Å²) >= 11 is 0. The second-order valence-electron chi connectivity index (χ2n) is 8.26. The van der Waals surface area contributed by atoms with E-state index in [-0.39, 0.29) is 0 Å². The number of nitrogens with zero attached hydrogens (tertiary/aromatic N) is 1. The molecule has 0 radical (unpaired) electrons. The molecule has 2 nitrogen and oxygen atoms in total. The highest BCUT2D eigenvalue weighted by Gasteiger charge is 2.19. The molecular weight excluding hydrogens is 306 g/mol. The Bertz CT molecular complexity index is 406. The van der Waals surface area contributed by atoms with E-state index in [1.807, 2.05) is 0 Å². The summed E-state index contributed by atoms with van der Waals surface area (Å²) in [5.41, 5.74) is 3.59. The fourth-order valence-electron chi connectivity index (χ4n) is 4.13. The fraction of sp³-hybridized carbons (Fsp3) is 0.870. The lowest BCUT2D eigenvalue weighted by Crippen LogP contribution is -2.27. The molecule has 1 fully saturated rings. The maximum absolute atomic E-state index is 11.9. The molecule has 0 spiro atoms. The van der Waals surface area contributed by atoms with E-state index in [2.05, 4.69) is 11.8 Å². The van der Waals surface area contributed by atoms with Crippen molar-refractivity contribution in [2.45, 2.75) is 116 Å². The highest BCUT2D eigenvalue weighted by Crippen LogP contribution is 2.38. The van der Waals surface area contributed by atoms with Gasteiger partial charge in [0.2, 0.25) is 5.91 Å². The van der Waals surface area contributed by atoms with Gasteiger partial charge in [-0.3, -0.25) is 4.79 Å². The zero-order valence-electron chi connectivity index (χ0n) is 16.8. The molecule has 1 aliphatic carbocycles. The van der Waals surface area contributed by atoms with Gasteiger partial charge in [-0.25, -0.2) is 0 Å². The van der Waals surface area contributed by atoms with Crippen molar-refractivity contribution in [2.24, 2.45) is 0 Å². The van der Waals surface area contributed by atoms with E-state index in [0.29, 0.717) is 5.91 Å². The summed E-state index contributed by atoms with van der Waals surface area (Å²) in [6, 6.07) is 0. The molecule has 1 heterocycles. The Labute approximate surface area is 156 Å². The summed E-state index contributed by atoms with van der Waals surface area (Å²) in [6.45, 7) is 4.31. The van der Waals surface area contributed by atoms with Crippen molar-refractivity contribution in [2.75, 3.05) is 13.1 Å². The first-order valence-electron chi connectivity index (χ1n) is 11.3. The fourth-order valence-corrected chi connectivity index (χ4v) is 4.13. The van der Waals surface area contributed by atoms with Gasteiger partial charge in [0.25, 0.3) is 0 Å². The number of hydrogen-bond donors (Lipinski definition) is 0. The second-order valence-corrected chi connectivity index (χ2v) is 8.26. The number of allylic oxidation sites excluding steroid dienone is 2. The van der Waals surface area contributed by atoms with Gasteiger partial charge in [-0.2, -0.15) is 0 Å². The Kier molecular flexibility index (Phi) is 10.3. The molecule has 144 valence electrons. The number of likely N-dealkylation sites (tertiary alicyclic amines) is 1. The van der Waals surface area contributed by atoms with Crippen molar-refractivity contribution >= 4 is 5.91 Å². The van der Waals surface area contributed by atoms with Gasteiger partial charge in [-0.05, 0) is 51.4 Å². The van der Waals surface area contributed by atoms with Crippen LogP contribution in [0.25, 0.3) is 0 Å². The molecule has 0 aromatic heterocycles. The maximum atomic E-state index is 11.9. The minimum Gasteiger partial charge on any atom is -0.343 e. The van der Waals surface area contributed by atoms with Gasteiger partial charge in [-0.1, -0.05) is 69.4 Å². The van der Waals surface area contributed by atoms with Gasteiger partial charge < -0.3 is 4.90 Å². The van der Waals surface area contributed by atoms with E-state index >= 15 is 0 Å². The third kappa shape index (κ3) is 8.92. The Balaban J connectivity index is 1.35. The van der Waals surface area contributed by atoms with E-state index in [0.717, 1.165) is 25.9 Å². The van der Waals surface area contributed by atoms with Gasteiger partial charge in [0.15, 0.2) is 0 Å². The second kappa shape index (κ2) is 12.5. The first kappa shape index (κ1) is 20.5. The van der Waals surface area contributed by atoms with Crippen LogP contribution in [-0.4, -0.2) is 23.9 Å². The summed E-state index contributed by atoms with van der Waals surface area (Å²) < 4.78 is 0. The minimum atomic E-state index is 0.403. The van der Waals surface area contributed by atoms with Gasteiger partial charge in [-0.15, -0.1) is 0 Å². The number of carbonyl (C=O) groups excluding carboxylic acids is 1. The molecule has 2 aliphatic rings. The van der Waals surface area contributed by atoms with Gasteiger partial charge in [0.05, 0.1) is 0 Å². The summed E-state index contributed by atoms with van der Waals surface area (Å²) in [4.78, 5) is 14.0. The lowest BCUT2D eigenvalue weighted by atomic mass is 10.1. The van der Waals surface area contributed by atoms with E-state index in [1.54, 1.807) is 11.1 Å². The van der Waals surface area contributed by atoms with Crippen LogP contribution in [0.3, 0.4) is 0 Å². The lowest BCUT2D eigenvalue weighted by Gasteiger charge is -2.14. The van der Waals surface area contributed by atoms with Crippen molar-refractivity contribution in [3.63, 3.8) is 0 Å². The molecule has 1 saturated heterocycles. The molecule has 0 aromatic rings. The van der Waals surface area contributed by atoms with Crippen molar-refractivity contribution in [3.8, 4) is 0 Å². The molecule has 1 aliphatic heterocycles. The van der Waals surface area contributed by atoms with Gasteiger partial charge >= 0.3 is 0 Å². The third-order valence-corrected chi connectivity index (χ3v) is 5.96. The molecule has 25 heavy (non-hydrogen) atoms. The Morgan fingerprint density at radius 1 is 0.760 bits per heavy atom. The molecule has 2 heteroatoms. The monoisotopic (exact) mass is 347 g/mol. The standard InChI is InChI=1S/C23H41NO/c1-2-3-4-5-7-10-15-21-20-22(21)16-11-8-6-9-12-17-23(25)24-18-13-14-19-24/h2-20H2,1H3. The smallest absolute Gasteiger partial charge is 0.222 e. The lowest BCUT2D eigenvalue weighted by molar-refractivity contribution is -0.130. The van der Waals surface area contributed by atoms with Crippen molar-refractivity contribution < 1.29 is 4.79 Å². The topological polar surface area (TPSA) is 20.3 Å². The van der Waals surface area contributed by atoms with Crippen LogP contribution >= 0.6 is 0 Å². The number of hydrogen-bond acceptors (Lipinski definition) is 1. The average molecular weight is 348 g/mol. The Hall–Kier alpha value is -0.790. The highest BCUT2D eigenvalue weighted by atomic mass is 16.2. The van der Waals surface area contributed by atoms with Gasteiger partial charge in [0.1, 0.15) is 0 Å². The first-order chi connectivity index (χ1) is 12.3. The zero-order chi connectivity index (χ0) is 17.7. The molecule has 0 unspecified atom stereocenters. The van der Waals surface area contributed by atoms with Gasteiger partial charge in [0, 0.05) is 19.5 Å². The number of carbonyl (C=O) groups is 1. The van der Waals surface area contributed by atoms with Crippen LogP contribution in [0, 0.1) is 0 Å². The van der Waals surface area contributed by atoms with E-state index in [1.165, 1.54) is 96.3 Å². The Morgan fingerprint density at radius 2 is 1.28 bits per heavy atom. The predicted molar refractivity (Wildman–Crippen MR) is 108 cm³/mol. The van der Waals surface area contributed by atoms with Crippen molar-refractivity contribution in [1.29, 1.82) is 0 Å². The van der Waals surface area contributed by atoms with Crippen LogP contribution in [0.5, 0.6) is 0 Å². The van der Waals surface area contributed by atoms with Crippen molar-refractivity contribution in [3.05, 3.63) is 11.1 Å². The Morgan fingerprint density at radius 3 is 1.88 bits per heavy atom. The van der Waals surface area contributed by atoms with Crippen LogP contribution in [-0.2, 0) is 4.79 Å². The quantitative estimate of drug-likeness (QED) is 0.236. The van der Waals surface area contributed by atoms with Crippen LogP contribution in [0.2, 0.25) is 0 Å². The van der Waals surface area contributed by atoms with E-state index in [9.17, 15) is 4.79 Å². The molecule has 0 aromatic carbocycles. The number of rotatable bonds is 15. The normalized spacial score (nSPS) is 16.8. The number of amides is 1. The summed E-state index contributed by atoms with van der Waals surface area (Å²) in [5.74, 6) is 0.403. The predicted octanol–water partition coefficient (Wildman–Crippen LogP) is 6.79. The molecule has 0 saturated carbocycles. The van der Waals surface area contributed by atoms with Crippen LogP contribution in [0.1, 0.15) is 116 Å². The summed E-state index contributed by atoms with van der Waals surface area (Å²) in [5, 5.41) is 0.